The number of hydrogen-bond donors (Lipinski definition) is 0. The van der Waals surface area contributed by atoms with Gasteiger partial charge in [-0.3, -0.25) is 12.2 Å². The van der Waals surface area contributed by atoms with E-state index in [-0.39, 0.29) is 23.9 Å². The summed E-state index contributed by atoms with van der Waals surface area (Å²) < 4.78 is 0. The summed E-state index contributed by atoms with van der Waals surface area (Å²) >= 11 is 0. The Morgan fingerprint density at radius 1 is 0.882 bits per heavy atom. The summed E-state index contributed by atoms with van der Waals surface area (Å²) in [4.78, 5) is 0. The second-order valence-corrected chi connectivity index (χ2v) is 4.79. The molecule has 0 aromatic rings. The molecule has 0 saturated carbocycles. The monoisotopic (exact) mass is 314 g/mol. The molecule has 0 heterocycles. The summed E-state index contributed by atoms with van der Waals surface area (Å²) in [7, 11) is 0. The van der Waals surface area contributed by atoms with E-state index >= 15 is 0 Å². The van der Waals surface area contributed by atoms with E-state index in [9.17, 15) is 0 Å². The molecule has 0 nitrogen and oxygen atoms in total. The molecule has 2 aliphatic rings. The Kier molecular flexibility index (Phi) is 8.52. The zero-order valence-corrected chi connectivity index (χ0v) is 13.3. The van der Waals surface area contributed by atoms with Crippen LogP contribution in [-0.2, 0) is 21.1 Å². The molecule has 1 heteroatoms. The van der Waals surface area contributed by atoms with Crippen LogP contribution in [0.5, 0.6) is 0 Å². The molecule has 0 unspecified atom stereocenters. The summed E-state index contributed by atoms with van der Waals surface area (Å²) in [5, 5.41) is 0. The van der Waals surface area contributed by atoms with Crippen molar-refractivity contribution in [1.82, 2.24) is 0 Å². The maximum atomic E-state index is 3.26. The van der Waals surface area contributed by atoms with Crippen LogP contribution in [0.1, 0.15) is 43.4 Å². The molecule has 0 aromatic carbocycles. The van der Waals surface area contributed by atoms with Crippen molar-refractivity contribution in [3.05, 3.63) is 47.6 Å². The van der Waals surface area contributed by atoms with Crippen LogP contribution < -0.4 is 0 Å². The van der Waals surface area contributed by atoms with Crippen molar-refractivity contribution in [2.75, 3.05) is 0 Å². The van der Waals surface area contributed by atoms with Crippen molar-refractivity contribution in [3.63, 3.8) is 0 Å². The number of rotatable bonds is 2. The van der Waals surface area contributed by atoms with Gasteiger partial charge in [0.05, 0.1) is 0 Å². The predicted octanol–water partition coefficient (Wildman–Crippen LogP) is 4.89. The van der Waals surface area contributed by atoms with Crippen LogP contribution in [-0.4, -0.2) is 0 Å². The minimum atomic E-state index is 0. The summed E-state index contributed by atoms with van der Waals surface area (Å²) in [6.07, 6.45) is 17.2. The molecule has 0 atom stereocenters. The molecule has 17 heavy (non-hydrogen) atoms. The molecule has 0 fully saturated rings. The van der Waals surface area contributed by atoms with E-state index in [1.165, 1.54) is 11.1 Å². The zero-order chi connectivity index (χ0) is 12.0. The molecule has 2 rings (SSSR count). The summed E-state index contributed by atoms with van der Waals surface area (Å²) in [6, 6.07) is 0. The number of hydrogen-bond acceptors (Lipinski definition) is 0. The first-order valence-electron chi connectivity index (χ1n) is 6.15. The standard InChI is InChI=1S/2C8H11.Mo.2H/c2*1-7(2)8-5-3-4-6-8;;;/h2*3,5,7H,4H2,1-2H3;;;/q2*-1;+4;2*-1. The molecule has 0 N–H and O–H groups in total. The van der Waals surface area contributed by atoms with E-state index in [1.807, 2.05) is 0 Å². The molecule has 0 spiro atoms. The maximum Gasteiger partial charge on any atom is 4.00 e. The Morgan fingerprint density at radius 2 is 1.24 bits per heavy atom. The third kappa shape index (κ3) is 6.22. The van der Waals surface area contributed by atoms with Crippen LogP contribution in [0.25, 0.3) is 0 Å². The fourth-order valence-electron chi connectivity index (χ4n) is 1.64. The minimum absolute atomic E-state index is 0. The van der Waals surface area contributed by atoms with Crippen LogP contribution in [0.2, 0.25) is 0 Å². The molecule has 94 valence electrons. The molecular weight excluding hydrogens is 288 g/mol. The molecule has 0 amide bonds. The van der Waals surface area contributed by atoms with Gasteiger partial charge >= 0.3 is 21.1 Å². The van der Waals surface area contributed by atoms with Gasteiger partial charge in [0.15, 0.2) is 0 Å². The van der Waals surface area contributed by atoms with E-state index in [0.29, 0.717) is 11.8 Å². The first-order chi connectivity index (χ1) is 7.61. The third-order valence-electron chi connectivity index (χ3n) is 2.69. The van der Waals surface area contributed by atoms with Crippen molar-refractivity contribution in [2.45, 2.75) is 40.5 Å². The van der Waals surface area contributed by atoms with Crippen molar-refractivity contribution >= 4 is 0 Å². The fraction of sp³-hybridized carbons (Fsp3) is 0.500. The van der Waals surface area contributed by atoms with Crippen molar-refractivity contribution < 1.29 is 23.9 Å². The van der Waals surface area contributed by atoms with Crippen LogP contribution in [0.15, 0.2) is 35.5 Å². The Bertz CT molecular complexity index is 303. The first kappa shape index (κ1) is 16.6. The molecule has 0 radical (unpaired) electrons. The third-order valence-corrected chi connectivity index (χ3v) is 2.69. The van der Waals surface area contributed by atoms with Gasteiger partial charge in [-0.25, -0.2) is 23.3 Å². The molecule has 0 aliphatic heterocycles. The van der Waals surface area contributed by atoms with Gasteiger partial charge < -0.3 is 2.85 Å². The summed E-state index contributed by atoms with van der Waals surface area (Å²) in [5.74, 6) is 1.32. The van der Waals surface area contributed by atoms with Crippen molar-refractivity contribution in [3.8, 4) is 0 Å². The summed E-state index contributed by atoms with van der Waals surface area (Å²) in [5.41, 5.74) is 2.73. The number of allylic oxidation sites excluding steroid dienone is 8. The largest absolute Gasteiger partial charge is 4.00 e. The molecular formula is C16H24Mo. The van der Waals surface area contributed by atoms with Gasteiger partial charge in [-0.2, -0.15) is 12.2 Å². The topological polar surface area (TPSA) is 0 Å². The molecule has 0 aromatic heterocycles. The smallest absolute Gasteiger partial charge is 1.00 e. The normalized spacial score (nSPS) is 16.6. The predicted molar refractivity (Wildman–Crippen MR) is 72.9 cm³/mol. The Morgan fingerprint density at radius 3 is 1.35 bits per heavy atom. The van der Waals surface area contributed by atoms with Gasteiger partial charge in [0.25, 0.3) is 0 Å². The Hall–Kier alpha value is -0.352. The van der Waals surface area contributed by atoms with Crippen LogP contribution >= 0.6 is 0 Å². The zero-order valence-electron chi connectivity index (χ0n) is 13.3. The van der Waals surface area contributed by atoms with Gasteiger partial charge in [0.1, 0.15) is 0 Å². The summed E-state index contributed by atoms with van der Waals surface area (Å²) in [6.45, 7) is 8.77. The van der Waals surface area contributed by atoms with Crippen LogP contribution in [0.3, 0.4) is 0 Å². The molecule has 2 aliphatic carbocycles. The fourth-order valence-corrected chi connectivity index (χ4v) is 1.64. The van der Waals surface area contributed by atoms with Gasteiger partial charge in [-0.05, 0) is 0 Å². The Balaban J connectivity index is -0.000000233. The quantitative estimate of drug-likeness (QED) is 0.503. The van der Waals surface area contributed by atoms with Crippen molar-refractivity contribution in [1.29, 1.82) is 0 Å². The van der Waals surface area contributed by atoms with Crippen molar-refractivity contribution in [2.24, 2.45) is 11.8 Å². The van der Waals surface area contributed by atoms with Gasteiger partial charge in [-0.15, -0.1) is 12.8 Å². The average molecular weight is 312 g/mol. The SMILES string of the molecule is CC(C)C1=[C-]CC=C1.CC(C)C1=[C-]CC=C1.[H-].[H-].[Mo+4]. The van der Waals surface area contributed by atoms with Crippen LogP contribution in [0.4, 0.5) is 0 Å². The second-order valence-electron chi connectivity index (χ2n) is 4.79. The van der Waals surface area contributed by atoms with E-state index < -0.39 is 0 Å². The van der Waals surface area contributed by atoms with Gasteiger partial charge in [-0.1, -0.05) is 39.5 Å². The second kappa shape index (κ2) is 8.70. The first-order valence-corrected chi connectivity index (χ1v) is 6.15. The van der Waals surface area contributed by atoms with E-state index in [1.54, 1.807) is 0 Å². The van der Waals surface area contributed by atoms with E-state index in [4.69, 9.17) is 0 Å². The molecule has 0 saturated heterocycles. The van der Waals surface area contributed by atoms with Gasteiger partial charge in [0.2, 0.25) is 0 Å². The minimum Gasteiger partial charge on any atom is -1.00 e. The van der Waals surface area contributed by atoms with Crippen LogP contribution in [0, 0.1) is 24.0 Å². The van der Waals surface area contributed by atoms with Gasteiger partial charge in [0, 0.05) is 0 Å². The molecule has 0 bridgehead atoms. The van der Waals surface area contributed by atoms with E-state index in [0.717, 1.165) is 12.8 Å². The van der Waals surface area contributed by atoms with E-state index in [2.05, 4.69) is 64.2 Å². The Labute approximate surface area is 124 Å². The maximum absolute atomic E-state index is 3.26. The average Bonchev–Trinajstić information content (AvgIpc) is 2.93.